The van der Waals surface area contributed by atoms with Crippen molar-refractivity contribution in [3.05, 3.63) is 36.4 Å². The van der Waals surface area contributed by atoms with Crippen LogP contribution in [0.4, 0.5) is 11.8 Å². The number of anilines is 2. The van der Waals surface area contributed by atoms with Crippen molar-refractivity contribution in [1.82, 2.24) is 9.97 Å². The second-order valence-corrected chi connectivity index (χ2v) is 6.31. The first-order valence-corrected chi connectivity index (χ1v) is 8.72. The molecule has 0 saturated carbocycles. The molecule has 1 atom stereocenters. The molecule has 1 aliphatic rings. The van der Waals surface area contributed by atoms with Crippen molar-refractivity contribution in [1.29, 1.82) is 0 Å². The Hall–Kier alpha value is -2.10. The lowest BCUT2D eigenvalue weighted by Gasteiger charge is -2.27. The first-order valence-electron chi connectivity index (χ1n) is 8.72. The third kappa shape index (κ3) is 4.01. The van der Waals surface area contributed by atoms with E-state index in [-0.39, 0.29) is 0 Å². The Morgan fingerprint density at radius 3 is 2.52 bits per heavy atom. The van der Waals surface area contributed by atoms with Gasteiger partial charge in [-0.2, -0.15) is 4.98 Å². The molecule has 1 N–H and O–H groups in total. The minimum atomic E-state index is 0.405. The summed E-state index contributed by atoms with van der Waals surface area (Å²) in [6.45, 7) is 6.48. The number of nitrogens with one attached hydrogen (secondary N) is 1. The van der Waals surface area contributed by atoms with E-state index in [1.165, 1.54) is 19.3 Å². The van der Waals surface area contributed by atoms with E-state index >= 15 is 0 Å². The molecule has 1 saturated heterocycles. The Morgan fingerprint density at radius 2 is 1.83 bits per heavy atom. The van der Waals surface area contributed by atoms with Crippen LogP contribution in [0.25, 0.3) is 11.3 Å². The Bertz CT molecular complexity index is 621. The summed E-state index contributed by atoms with van der Waals surface area (Å²) in [5.74, 6) is 1.78. The Labute approximate surface area is 139 Å². The summed E-state index contributed by atoms with van der Waals surface area (Å²) >= 11 is 0. The van der Waals surface area contributed by atoms with Crippen LogP contribution in [0.2, 0.25) is 0 Å². The van der Waals surface area contributed by atoms with Crippen molar-refractivity contribution in [2.24, 2.45) is 0 Å². The minimum absolute atomic E-state index is 0.405. The van der Waals surface area contributed by atoms with Crippen LogP contribution in [-0.4, -0.2) is 29.1 Å². The highest BCUT2D eigenvalue weighted by atomic mass is 15.3. The van der Waals surface area contributed by atoms with E-state index in [1.807, 2.05) is 6.07 Å². The lowest BCUT2D eigenvalue weighted by atomic mass is 10.1. The predicted molar refractivity (Wildman–Crippen MR) is 96.9 cm³/mol. The summed E-state index contributed by atoms with van der Waals surface area (Å²) in [6, 6.07) is 12.8. The molecule has 0 radical (unpaired) electrons. The number of piperidine rings is 1. The molecular weight excluding hydrogens is 284 g/mol. The van der Waals surface area contributed by atoms with Gasteiger partial charge in [-0.25, -0.2) is 4.98 Å². The van der Waals surface area contributed by atoms with Gasteiger partial charge in [0.15, 0.2) is 0 Å². The van der Waals surface area contributed by atoms with Crippen molar-refractivity contribution in [3.8, 4) is 11.3 Å². The van der Waals surface area contributed by atoms with E-state index in [1.54, 1.807) is 0 Å². The second kappa shape index (κ2) is 7.44. The Kier molecular flexibility index (Phi) is 5.11. The van der Waals surface area contributed by atoms with Gasteiger partial charge in [-0.3, -0.25) is 0 Å². The zero-order chi connectivity index (χ0) is 16.1. The summed E-state index contributed by atoms with van der Waals surface area (Å²) in [7, 11) is 0. The number of benzene rings is 1. The highest BCUT2D eigenvalue weighted by molar-refractivity contribution is 5.64. The number of nitrogens with zero attached hydrogens (tertiary/aromatic N) is 3. The van der Waals surface area contributed by atoms with E-state index in [9.17, 15) is 0 Å². The number of hydrogen-bond donors (Lipinski definition) is 1. The predicted octanol–water partition coefficient (Wildman–Crippen LogP) is 4.34. The van der Waals surface area contributed by atoms with Gasteiger partial charge in [0.2, 0.25) is 5.95 Å². The molecule has 1 aliphatic heterocycles. The lowest BCUT2D eigenvalue weighted by molar-refractivity contribution is 0.568. The quantitative estimate of drug-likeness (QED) is 0.891. The topological polar surface area (TPSA) is 41.1 Å². The molecule has 4 heteroatoms. The molecule has 122 valence electrons. The van der Waals surface area contributed by atoms with Crippen molar-refractivity contribution < 1.29 is 0 Å². The number of hydrogen-bond acceptors (Lipinski definition) is 4. The van der Waals surface area contributed by atoms with Crippen LogP contribution >= 0.6 is 0 Å². The van der Waals surface area contributed by atoms with E-state index in [0.717, 1.165) is 42.5 Å². The maximum atomic E-state index is 4.84. The standard InChI is InChI=1S/C19H26N4/c1-3-15(2)20-18-14-17(16-10-6-4-7-11-16)21-19(22-18)23-12-8-5-9-13-23/h4,6-7,10-11,14-15H,3,5,8-9,12-13H2,1-2H3,(H,20,21,22). The lowest BCUT2D eigenvalue weighted by Crippen LogP contribution is -2.31. The summed E-state index contributed by atoms with van der Waals surface area (Å²) in [6.07, 6.45) is 4.84. The summed E-state index contributed by atoms with van der Waals surface area (Å²) in [5.41, 5.74) is 2.13. The zero-order valence-corrected chi connectivity index (χ0v) is 14.1. The molecular formula is C19H26N4. The van der Waals surface area contributed by atoms with Crippen LogP contribution in [0.1, 0.15) is 39.5 Å². The summed E-state index contributed by atoms with van der Waals surface area (Å²) < 4.78 is 0. The van der Waals surface area contributed by atoms with Gasteiger partial charge < -0.3 is 10.2 Å². The Morgan fingerprint density at radius 1 is 1.09 bits per heavy atom. The van der Waals surface area contributed by atoms with Crippen LogP contribution in [-0.2, 0) is 0 Å². The van der Waals surface area contributed by atoms with Gasteiger partial charge in [-0.15, -0.1) is 0 Å². The van der Waals surface area contributed by atoms with Gasteiger partial charge in [0, 0.05) is 30.8 Å². The molecule has 1 unspecified atom stereocenters. The van der Waals surface area contributed by atoms with Gasteiger partial charge in [0.25, 0.3) is 0 Å². The van der Waals surface area contributed by atoms with Gasteiger partial charge in [0.05, 0.1) is 5.69 Å². The molecule has 2 aromatic rings. The fourth-order valence-corrected chi connectivity index (χ4v) is 2.86. The second-order valence-electron chi connectivity index (χ2n) is 6.31. The molecule has 3 rings (SSSR count). The molecule has 2 heterocycles. The van der Waals surface area contributed by atoms with Crippen LogP contribution in [0.15, 0.2) is 36.4 Å². The molecule has 0 bridgehead atoms. The van der Waals surface area contributed by atoms with Crippen LogP contribution < -0.4 is 10.2 Å². The third-order valence-electron chi connectivity index (χ3n) is 4.43. The zero-order valence-electron chi connectivity index (χ0n) is 14.1. The van der Waals surface area contributed by atoms with Gasteiger partial charge in [-0.1, -0.05) is 37.3 Å². The van der Waals surface area contributed by atoms with Crippen molar-refractivity contribution in [2.75, 3.05) is 23.3 Å². The first kappa shape index (κ1) is 15.8. The number of aromatic nitrogens is 2. The highest BCUT2D eigenvalue weighted by Gasteiger charge is 2.16. The van der Waals surface area contributed by atoms with E-state index in [2.05, 4.69) is 54.4 Å². The maximum Gasteiger partial charge on any atom is 0.227 e. The van der Waals surface area contributed by atoms with Gasteiger partial charge in [-0.05, 0) is 32.6 Å². The fourth-order valence-electron chi connectivity index (χ4n) is 2.86. The average molecular weight is 310 g/mol. The normalized spacial score (nSPS) is 16.2. The number of rotatable bonds is 5. The fraction of sp³-hybridized carbons (Fsp3) is 0.474. The van der Waals surface area contributed by atoms with Crippen molar-refractivity contribution in [3.63, 3.8) is 0 Å². The molecule has 23 heavy (non-hydrogen) atoms. The molecule has 4 nitrogen and oxygen atoms in total. The van der Waals surface area contributed by atoms with Crippen molar-refractivity contribution in [2.45, 2.75) is 45.6 Å². The largest absolute Gasteiger partial charge is 0.367 e. The average Bonchev–Trinajstić information content (AvgIpc) is 2.63. The molecule has 0 amide bonds. The molecule has 0 aliphatic carbocycles. The maximum absolute atomic E-state index is 4.84. The minimum Gasteiger partial charge on any atom is -0.367 e. The van der Waals surface area contributed by atoms with Crippen LogP contribution in [0.5, 0.6) is 0 Å². The summed E-state index contributed by atoms with van der Waals surface area (Å²) in [4.78, 5) is 11.9. The molecule has 1 aromatic heterocycles. The van der Waals surface area contributed by atoms with E-state index in [4.69, 9.17) is 9.97 Å². The molecule has 0 spiro atoms. The van der Waals surface area contributed by atoms with Crippen LogP contribution in [0.3, 0.4) is 0 Å². The van der Waals surface area contributed by atoms with Gasteiger partial charge in [0.1, 0.15) is 5.82 Å². The van der Waals surface area contributed by atoms with E-state index < -0.39 is 0 Å². The summed E-state index contributed by atoms with van der Waals surface area (Å²) in [5, 5.41) is 3.50. The first-order chi connectivity index (χ1) is 11.3. The highest BCUT2D eigenvalue weighted by Crippen LogP contribution is 2.25. The molecule has 1 fully saturated rings. The monoisotopic (exact) mass is 310 g/mol. The Balaban J connectivity index is 1.96. The molecule has 1 aromatic carbocycles. The third-order valence-corrected chi connectivity index (χ3v) is 4.43. The van der Waals surface area contributed by atoms with Crippen LogP contribution in [0, 0.1) is 0 Å². The van der Waals surface area contributed by atoms with Gasteiger partial charge >= 0.3 is 0 Å². The van der Waals surface area contributed by atoms with Crippen molar-refractivity contribution >= 4 is 11.8 Å². The smallest absolute Gasteiger partial charge is 0.227 e. The SMILES string of the molecule is CCC(C)Nc1cc(-c2ccccc2)nc(N2CCCCC2)n1. The van der Waals surface area contributed by atoms with E-state index in [0.29, 0.717) is 6.04 Å².